The highest BCUT2D eigenvalue weighted by Gasteiger charge is 2.23. The largest absolute Gasteiger partial charge is 0.478 e. The first-order valence-electron chi connectivity index (χ1n) is 5.62. The fourth-order valence-electron chi connectivity index (χ4n) is 1.33. The molecule has 4 N–H and O–H groups in total. The fourth-order valence-corrected chi connectivity index (χ4v) is 1.52. The second-order valence-electron chi connectivity index (χ2n) is 3.72. The van der Waals surface area contributed by atoms with E-state index in [9.17, 15) is 14.4 Å². The minimum atomic E-state index is -1.49. The first-order valence-corrected chi connectivity index (χ1v) is 6.00. The molecule has 0 radical (unpaired) electrons. The number of aromatic carboxylic acids is 1. The number of nitrogens with one attached hydrogen (secondary N) is 1. The lowest BCUT2D eigenvalue weighted by molar-refractivity contribution is -0.146. The van der Waals surface area contributed by atoms with Crippen LogP contribution >= 0.6 is 11.6 Å². The Hall–Kier alpha value is -2.12. The van der Waals surface area contributed by atoms with E-state index in [0.29, 0.717) is 0 Å². The van der Waals surface area contributed by atoms with Crippen LogP contribution in [0.4, 0.5) is 5.69 Å². The second-order valence-corrected chi connectivity index (χ2v) is 4.13. The molecule has 0 aliphatic rings. The molecule has 0 heterocycles. The predicted molar refractivity (Wildman–Crippen MR) is 71.6 cm³/mol. The molecule has 1 rings (SSSR count). The summed E-state index contributed by atoms with van der Waals surface area (Å²) in [5.41, 5.74) is 5.38. The van der Waals surface area contributed by atoms with E-state index in [4.69, 9.17) is 22.4 Å². The lowest BCUT2D eigenvalue weighted by Gasteiger charge is -2.11. The number of carboxylic acid groups (broad SMARTS) is 1. The number of benzene rings is 1. The molecule has 0 spiro atoms. The quantitative estimate of drug-likeness (QED) is 0.548. The van der Waals surface area contributed by atoms with Gasteiger partial charge in [0.1, 0.15) is 0 Å². The SMILES string of the molecule is CCOC(=O)C(N)C(=O)Nc1ccc(Cl)c(C(=O)O)c1. The third-order valence-corrected chi connectivity index (χ3v) is 2.62. The second kappa shape index (κ2) is 6.88. The number of nitrogens with two attached hydrogens (primary N) is 1. The van der Waals surface area contributed by atoms with Gasteiger partial charge < -0.3 is 20.9 Å². The topological polar surface area (TPSA) is 119 Å². The maximum atomic E-state index is 11.7. The number of esters is 1. The summed E-state index contributed by atoms with van der Waals surface area (Å²) in [6.07, 6.45) is 0. The molecule has 0 aliphatic heterocycles. The van der Waals surface area contributed by atoms with Gasteiger partial charge in [-0.25, -0.2) is 9.59 Å². The molecule has 20 heavy (non-hydrogen) atoms. The molecule has 0 fully saturated rings. The molecular weight excluding hydrogens is 288 g/mol. The molecule has 0 saturated carbocycles. The highest BCUT2D eigenvalue weighted by atomic mass is 35.5. The highest BCUT2D eigenvalue weighted by molar-refractivity contribution is 6.33. The predicted octanol–water partition coefficient (Wildman–Crippen LogP) is 0.867. The van der Waals surface area contributed by atoms with Crippen LogP contribution in [0.1, 0.15) is 17.3 Å². The van der Waals surface area contributed by atoms with Crippen LogP contribution in [0.25, 0.3) is 0 Å². The van der Waals surface area contributed by atoms with Crippen molar-refractivity contribution in [3.8, 4) is 0 Å². The summed E-state index contributed by atoms with van der Waals surface area (Å²) in [5, 5.41) is 11.2. The Morgan fingerprint density at radius 2 is 2.10 bits per heavy atom. The molecule has 1 aromatic carbocycles. The van der Waals surface area contributed by atoms with Gasteiger partial charge in [-0.3, -0.25) is 4.79 Å². The van der Waals surface area contributed by atoms with Gasteiger partial charge in [0.05, 0.1) is 17.2 Å². The Labute approximate surface area is 119 Å². The van der Waals surface area contributed by atoms with Crippen LogP contribution in [0.15, 0.2) is 18.2 Å². The van der Waals surface area contributed by atoms with Crippen molar-refractivity contribution in [1.29, 1.82) is 0 Å². The molecular formula is C12H13ClN2O5. The van der Waals surface area contributed by atoms with Crippen molar-refractivity contribution in [2.45, 2.75) is 13.0 Å². The van der Waals surface area contributed by atoms with E-state index in [1.54, 1.807) is 6.92 Å². The average molecular weight is 301 g/mol. The number of anilines is 1. The number of ether oxygens (including phenoxy) is 1. The number of halogens is 1. The van der Waals surface area contributed by atoms with E-state index in [-0.39, 0.29) is 22.9 Å². The van der Waals surface area contributed by atoms with Crippen LogP contribution in [-0.4, -0.2) is 35.6 Å². The van der Waals surface area contributed by atoms with E-state index in [1.807, 2.05) is 0 Å². The van der Waals surface area contributed by atoms with Crippen LogP contribution in [0.3, 0.4) is 0 Å². The van der Waals surface area contributed by atoms with Gasteiger partial charge in [0.25, 0.3) is 5.91 Å². The number of hydrogen-bond acceptors (Lipinski definition) is 5. The number of carbonyl (C=O) groups excluding carboxylic acids is 2. The minimum absolute atomic E-state index is 0.0326. The van der Waals surface area contributed by atoms with E-state index in [0.717, 1.165) is 0 Å². The zero-order chi connectivity index (χ0) is 15.3. The zero-order valence-corrected chi connectivity index (χ0v) is 11.3. The van der Waals surface area contributed by atoms with Gasteiger partial charge in [-0.2, -0.15) is 0 Å². The number of carbonyl (C=O) groups is 3. The number of hydrogen-bond donors (Lipinski definition) is 3. The van der Waals surface area contributed by atoms with E-state index in [2.05, 4.69) is 10.1 Å². The summed E-state index contributed by atoms with van der Waals surface area (Å²) in [6, 6.07) is 2.39. The van der Waals surface area contributed by atoms with Crippen molar-refractivity contribution >= 4 is 35.1 Å². The van der Waals surface area contributed by atoms with Gasteiger partial charge in [-0.15, -0.1) is 0 Å². The summed E-state index contributed by atoms with van der Waals surface area (Å²) >= 11 is 5.69. The van der Waals surface area contributed by atoms with Crippen molar-refractivity contribution in [2.75, 3.05) is 11.9 Å². The first kappa shape index (κ1) is 15.9. The van der Waals surface area contributed by atoms with Gasteiger partial charge in [-0.1, -0.05) is 11.6 Å². The third-order valence-electron chi connectivity index (χ3n) is 2.29. The Morgan fingerprint density at radius 3 is 2.65 bits per heavy atom. The van der Waals surface area contributed by atoms with Gasteiger partial charge in [0.2, 0.25) is 0 Å². The van der Waals surface area contributed by atoms with Crippen LogP contribution in [0.2, 0.25) is 5.02 Å². The van der Waals surface area contributed by atoms with Crippen molar-refractivity contribution < 1.29 is 24.2 Å². The molecule has 0 aliphatic carbocycles. The standard InChI is InChI=1S/C12H13ClN2O5/c1-2-20-12(19)9(14)10(16)15-6-3-4-8(13)7(5-6)11(17)18/h3-5,9H,2,14H2,1H3,(H,15,16)(H,17,18). The number of carboxylic acids is 1. The molecule has 1 atom stereocenters. The molecule has 0 aromatic heterocycles. The smallest absolute Gasteiger partial charge is 0.337 e. The zero-order valence-electron chi connectivity index (χ0n) is 10.6. The molecule has 7 nitrogen and oxygen atoms in total. The van der Waals surface area contributed by atoms with Gasteiger partial charge in [0, 0.05) is 5.69 Å². The molecule has 1 unspecified atom stereocenters. The van der Waals surface area contributed by atoms with Crippen LogP contribution in [0, 0.1) is 0 Å². The van der Waals surface area contributed by atoms with Crippen LogP contribution < -0.4 is 11.1 Å². The van der Waals surface area contributed by atoms with Gasteiger partial charge >= 0.3 is 11.9 Å². The van der Waals surface area contributed by atoms with Gasteiger partial charge in [0.15, 0.2) is 6.04 Å². The van der Waals surface area contributed by atoms with Crippen molar-refractivity contribution in [3.05, 3.63) is 28.8 Å². The molecule has 1 amide bonds. The number of rotatable bonds is 5. The molecule has 8 heteroatoms. The summed E-state index contributed by atoms with van der Waals surface area (Å²) < 4.78 is 4.60. The van der Waals surface area contributed by atoms with Crippen LogP contribution in [0.5, 0.6) is 0 Å². The lowest BCUT2D eigenvalue weighted by Crippen LogP contribution is -2.43. The molecule has 1 aromatic rings. The first-order chi connectivity index (χ1) is 9.36. The summed E-state index contributed by atoms with van der Waals surface area (Å²) in [5.74, 6) is -2.90. The summed E-state index contributed by atoms with van der Waals surface area (Å²) in [4.78, 5) is 33.8. The van der Waals surface area contributed by atoms with E-state index < -0.39 is 23.9 Å². The van der Waals surface area contributed by atoms with Gasteiger partial charge in [-0.05, 0) is 25.1 Å². The van der Waals surface area contributed by atoms with Crippen LogP contribution in [-0.2, 0) is 14.3 Å². The maximum absolute atomic E-state index is 11.7. The Kier molecular flexibility index (Phi) is 5.48. The fraction of sp³-hybridized carbons (Fsp3) is 0.250. The minimum Gasteiger partial charge on any atom is -0.478 e. The Morgan fingerprint density at radius 1 is 1.45 bits per heavy atom. The Balaban J connectivity index is 2.83. The number of amides is 1. The molecule has 108 valence electrons. The molecule has 0 saturated heterocycles. The van der Waals surface area contributed by atoms with E-state index in [1.165, 1.54) is 18.2 Å². The van der Waals surface area contributed by atoms with Crippen molar-refractivity contribution in [1.82, 2.24) is 0 Å². The maximum Gasteiger partial charge on any atom is 0.337 e. The normalized spacial score (nSPS) is 11.6. The van der Waals surface area contributed by atoms with Crippen molar-refractivity contribution in [3.63, 3.8) is 0 Å². The molecule has 0 bridgehead atoms. The van der Waals surface area contributed by atoms with E-state index >= 15 is 0 Å². The van der Waals surface area contributed by atoms with Crippen molar-refractivity contribution in [2.24, 2.45) is 5.73 Å². The average Bonchev–Trinajstić information content (AvgIpc) is 2.39. The lowest BCUT2D eigenvalue weighted by atomic mass is 10.2. The Bertz CT molecular complexity index is 547. The highest BCUT2D eigenvalue weighted by Crippen LogP contribution is 2.20. The summed E-state index contributed by atoms with van der Waals surface area (Å²) in [7, 11) is 0. The third kappa shape index (κ3) is 3.94. The summed E-state index contributed by atoms with van der Waals surface area (Å²) in [6.45, 7) is 1.69. The monoisotopic (exact) mass is 300 g/mol.